The molecule has 0 aliphatic rings. The summed E-state index contributed by atoms with van der Waals surface area (Å²) in [5.41, 5.74) is 5.23. The number of methoxy groups -OCH3 is 1. The number of hydrogen-bond acceptors (Lipinski definition) is 4. The van der Waals surface area contributed by atoms with Gasteiger partial charge in [-0.1, -0.05) is 13.8 Å². The number of hydrogen-bond donors (Lipinski definition) is 1. The van der Waals surface area contributed by atoms with E-state index in [1.807, 2.05) is 20.8 Å². The smallest absolute Gasteiger partial charge is 0.214 e. The van der Waals surface area contributed by atoms with Crippen molar-refractivity contribution in [1.29, 1.82) is 0 Å². The standard InChI is InChI=1S/C11H26N2O3S/c1-5-11(3,10-12)13(6-2)17(14,15)9-7-8-16-4/h5-10,12H2,1-4H3. The van der Waals surface area contributed by atoms with Crippen molar-refractivity contribution in [2.24, 2.45) is 5.73 Å². The Morgan fingerprint density at radius 1 is 1.35 bits per heavy atom. The molecule has 0 saturated carbocycles. The molecule has 1 unspecified atom stereocenters. The first kappa shape index (κ1) is 16.8. The van der Waals surface area contributed by atoms with Gasteiger partial charge in [0.2, 0.25) is 10.0 Å². The average Bonchev–Trinajstić information content (AvgIpc) is 2.29. The molecule has 0 rings (SSSR count). The van der Waals surface area contributed by atoms with E-state index in [4.69, 9.17) is 10.5 Å². The van der Waals surface area contributed by atoms with Gasteiger partial charge in [0, 0.05) is 32.3 Å². The van der Waals surface area contributed by atoms with Crippen LogP contribution < -0.4 is 5.73 Å². The van der Waals surface area contributed by atoms with E-state index in [1.165, 1.54) is 4.31 Å². The second kappa shape index (κ2) is 7.31. The summed E-state index contributed by atoms with van der Waals surface area (Å²) in [7, 11) is -1.68. The van der Waals surface area contributed by atoms with E-state index >= 15 is 0 Å². The minimum atomic E-state index is -3.25. The third-order valence-corrected chi connectivity index (χ3v) is 5.35. The highest BCUT2D eigenvalue weighted by Crippen LogP contribution is 2.22. The predicted molar refractivity (Wildman–Crippen MR) is 70.4 cm³/mol. The average molecular weight is 266 g/mol. The van der Waals surface area contributed by atoms with Gasteiger partial charge in [0.15, 0.2) is 0 Å². The lowest BCUT2D eigenvalue weighted by Crippen LogP contribution is -2.54. The Kier molecular flexibility index (Phi) is 7.23. The van der Waals surface area contributed by atoms with Crippen molar-refractivity contribution in [1.82, 2.24) is 4.31 Å². The van der Waals surface area contributed by atoms with Crippen LogP contribution in [0.25, 0.3) is 0 Å². The number of sulfonamides is 1. The van der Waals surface area contributed by atoms with E-state index in [2.05, 4.69) is 0 Å². The van der Waals surface area contributed by atoms with Crippen molar-refractivity contribution in [3.63, 3.8) is 0 Å². The molecule has 0 bridgehead atoms. The Morgan fingerprint density at radius 2 is 1.94 bits per heavy atom. The Hall–Kier alpha value is -0.170. The van der Waals surface area contributed by atoms with Crippen LogP contribution in [0.4, 0.5) is 0 Å². The highest BCUT2D eigenvalue weighted by Gasteiger charge is 2.35. The van der Waals surface area contributed by atoms with E-state index in [0.29, 0.717) is 32.5 Å². The van der Waals surface area contributed by atoms with E-state index < -0.39 is 15.6 Å². The SMILES string of the molecule is CCN(C(C)(CC)CN)S(=O)(=O)CCCOC. The summed E-state index contributed by atoms with van der Waals surface area (Å²) in [6.45, 7) is 6.95. The molecule has 0 aromatic rings. The Labute approximate surface area is 105 Å². The molecule has 0 aromatic carbocycles. The summed E-state index contributed by atoms with van der Waals surface area (Å²) < 4.78 is 30.8. The number of nitrogens with two attached hydrogens (primary N) is 1. The van der Waals surface area contributed by atoms with Gasteiger partial charge in [0.1, 0.15) is 0 Å². The molecule has 2 N–H and O–H groups in total. The summed E-state index contributed by atoms with van der Waals surface area (Å²) in [6.07, 6.45) is 1.22. The van der Waals surface area contributed by atoms with Gasteiger partial charge in [-0.05, 0) is 19.8 Å². The quantitative estimate of drug-likeness (QED) is 0.627. The fourth-order valence-electron chi connectivity index (χ4n) is 1.83. The predicted octanol–water partition coefficient (Wildman–Crippen LogP) is 0.802. The van der Waals surface area contributed by atoms with E-state index in [9.17, 15) is 8.42 Å². The van der Waals surface area contributed by atoms with Crippen LogP contribution in [0.2, 0.25) is 0 Å². The van der Waals surface area contributed by atoms with Gasteiger partial charge in [0.05, 0.1) is 5.75 Å². The molecule has 5 nitrogen and oxygen atoms in total. The molecule has 0 heterocycles. The molecule has 0 radical (unpaired) electrons. The van der Waals surface area contributed by atoms with Crippen LogP contribution in [0.3, 0.4) is 0 Å². The Balaban J connectivity index is 4.85. The van der Waals surface area contributed by atoms with Crippen molar-refractivity contribution in [3.05, 3.63) is 0 Å². The summed E-state index contributed by atoms with van der Waals surface area (Å²) in [5, 5.41) is 0. The third-order valence-electron chi connectivity index (χ3n) is 3.18. The van der Waals surface area contributed by atoms with Crippen LogP contribution in [-0.4, -0.2) is 50.8 Å². The highest BCUT2D eigenvalue weighted by molar-refractivity contribution is 7.89. The zero-order chi connectivity index (χ0) is 13.5. The second-order valence-electron chi connectivity index (χ2n) is 4.38. The maximum Gasteiger partial charge on any atom is 0.214 e. The van der Waals surface area contributed by atoms with Crippen LogP contribution in [0.5, 0.6) is 0 Å². The lowest BCUT2D eigenvalue weighted by molar-refractivity contribution is 0.195. The minimum absolute atomic E-state index is 0.115. The van der Waals surface area contributed by atoms with Crippen molar-refractivity contribution in [2.45, 2.75) is 39.2 Å². The van der Waals surface area contributed by atoms with Gasteiger partial charge in [-0.25, -0.2) is 8.42 Å². The molecular weight excluding hydrogens is 240 g/mol. The van der Waals surface area contributed by atoms with Crippen molar-refractivity contribution in [2.75, 3.05) is 32.6 Å². The maximum atomic E-state index is 12.2. The van der Waals surface area contributed by atoms with Crippen molar-refractivity contribution >= 4 is 10.0 Å². The summed E-state index contributed by atoms with van der Waals surface area (Å²) in [6, 6.07) is 0. The van der Waals surface area contributed by atoms with Gasteiger partial charge in [-0.15, -0.1) is 0 Å². The van der Waals surface area contributed by atoms with Gasteiger partial charge in [-0.2, -0.15) is 4.31 Å². The molecule has 104 valence electrons. The molecule has 0 saturated heterocycles. The number of ether oxygens (including phenoxy) is 1. The topological polar surface area (TPSA) is 72.6 Å². The number of nitrogens with zero attached hydrogens (tertiary/aromatic N) is 1. The fraction of sp³-hybridized carbons (Fsp3) is 1.00. The van der Waals surface area contributed by atoms with Crippen LogP contribution in [-0.2, 0) is 14.8 Å². The van der Waals surface area contributed by atoms with Gasteiger partial charge in [0.25, 0.3) is 0 Å². The monoisotopic (exact) mass is 266 g/mol. The zero-order valence-corrected chi connectivity index (χ0v) is 12.2. The Morgan fingerprint density at radius 3 is 2.29 bits per heavy atom. The largest absolute Gasteiger partial charge is 0.385 e. The zero-order valence-electron chi connectivity index (χ0n) is 11.4. The molecule has 0 amide bonds. The van der Waals surface area contributed by atoms with Crippen LogP contribution >= 0.6 is 0 Å². The highest BCUT2D eigenvalue weighted by atomic mass is 32.2. The first-order valence-corrected chi connectivity index (χ1v) is 7.68. The van der Waals surface area contributed by atoms with E-state index in [1.54, 1.807) is 7.11 Å². The second-order valence-corrected chi connectivity index (χ2v) is 6.39. The molecule has 0 aromatic heterocycles. The molecule has 0 spiro atoms. The first-order chi connectivity index (χ1) is 7.87. The van der Waals surface area contributed by atoms with Gasteiger partial charge >= 0.3 is 0 Å². The maximum absolute atomic E-state index is 12.2. The summed E-state index contributed by atoms with van der Waals surface area (Å²) >= 11 is 0. The molecule has 0 aliphatic heterocycles. The normalized spacial score (nSPS) is 16.1. The lowest BCUT2D eigenvalue weighted by Gasteiger charge is -2.38. The summed E-state index contributed by atoms with van der Waals surface area (Å²) in [4.78, 5) is 0. The minimum Gasteiger partial charge on any atom is -0.385 e. The third kappa shape index (κ3) is 4.54. The number of rotatable bonds is 9. The Bertz CT molecular complexity index is 300. The molecule has 0 fully saturated rings. The molecule has 6 heteroatoms. The van der Waals surface area contributed by atoms with Crippen molar-refractivity contribution < 1.29 is 13.2 Å². The van der Waals surface area contributed by atoms with Gasteiger partial charge in [-0.3, -0.25) is 0 Å². The van der Waals surface area contributed by atoms with Crippen molar-refractivity contribution in [3.8, 4) is 0 Å². The van der Waals surface area contributed by atoms with Crippen LogP contribution in [0, 0.1) is 0 Å². The lowest BCUT2D eigenvalue weighted by atomic mass is 9.99. The molecular formula is C11H26N2O3S. The van der Waals surface area contributed by atoms with Crippen LogP contribution in [0.1, 0.15) is 33.6 Å². The molecule has 17 heavy (non-hydrogen) atoms. The number of likely N-dealkylation sites (N-methyl/N-ethyl adjacent to an activating group) is 1. The van der Waals surface area contributed by atoms with E-state index in [-0.39, 0.29) is 5.75 Å². The summed E-state index contributed by atoms with van der Waals surface area (Å²) in [5.74, 6) is 0.115. The first-order valence-electron chi connectivity index (χ1n) is 6.07. The van der Waals surface area contributed by atoms with E-state index in [0.717, 1.165) is 0 Å². The molecule has 1 atom stereocenters. The van der Waals surface area contributed by atoms with Gasteiger partial charge < -0.3 is 10.5 Å². The molecule has 0 aliphatic carbocycles. The van der Waals surface area contributed by atoms with Crippen LogP contribution in [0.15, 0.2) is 0 Å². The fourth-order valence-corrected chi connectivity index (χ4v) is 3.80.